The molecule has 0 radical (unpaired) electrons. The molecule has 0 saturated carbocycles. The Kier molecular flexibility index (Phi) is 4.60. The molecule has 23 heavy (non-hydrogen) atoms. The Bertz CT molecular complexity index is 859. The molecule has 0 aliphatic rings. The van der Waals surface area contributed by atoms with Crippen LogP contribution in [0.4, 0.5) is 5.69 Å². The minimum atomic E-state index is -1.07. The van der Waals surface area contributed by atoms with Gasteiger partial charge in [-0.2, -0.15) is 0 Å². The summed E-state index contributed by atoms with van der Waals surface area (Å²) >= 11 is 0. The summed E-state index contributed by atoms with van der Waals surface area (Å²) in [6.45, 7) is 0. The number of H-pyrrole nitrogens is 2. The average Bonchev–Trinajstić information content (AvgIpc) is 2.51. The predicted molar refractivity (Wildman–Crippen MR) is 82.8 cm³/mol. The maximum atomic E-state index is 11.5. The van der Waals surface area contributed by atoms with Crippen molar-refractivity contribution in [1.82, 2.24) is 9.97 Å². The summed E-state index contributed by atoms with van der Waals surface area (Å²) in [5.41, 5.74) is -2.23. The first-order valence-corrected chi connectivity index (χ1v) is 6.36. The fourth-order valence-electron chi connectivity index (χ4n) is 1.90. The minimum Gasteiger partial charge on any atom is -0.497 e. The summed E-state index contributed by atoms with van der Waals surface area (Å²) < 4.78 is 10.2. The molecule has 0 amide bonds. The van der Waals surface area contributed by atoms with Crippen LogP contribution in [0.3, 0.4) is 0 Å². The Morgan fingerprint density at radius 2 is 1.65 bits per heavy atom. The fraction of sp³-hybridized carbons (Fsp3) is 0.143. The predicted octanol–water partition coefficient (Wildman–Crippen LogP) is 1.16. The van der Waals surface area contributed by atoms with Crippen molar-refractivity contribution in [3.05, 3.63) is 60.4 Å². The van der Waals surface area contributed by atoms with Crippen molar-refractivity contribution in [2.24, 2.45) is 0 Å². The molecule has 0 saturated heterocycles. The standard InChI is InChI=1S/C14H13N3O6/c1-22-9-5-8(6-10(7-9)23-2)3-4-11-12(17(20)21)13(18)16-14(19)15-11/h3-7H,1-2H3,(H2,15,16,18,19)/b4-3-. The van der Waals surface area contributed by atoms with Gasteiger partial charge >= 0.3 is 16.9 Å². The van der Waals surface area contributed by atoms with Crippen LogP contribution in [0, 0.1) is 10.1 Å². The molecule has 0 aliphatic carbocycles. The van der Waals surface area contributed by atoms with Gasteiger partial charge in [-0.1, -0.05) is 6.08 Å². The quantitative estimate of drug-likeness (QED) is 0.629. The van der Waals surface area contributed by atoms with Crippen LogP contribution in [-0.4, -0.2) is 29.1 Å². The van der Waals surface area contributed by atoms with E-state index in [2.05, 4.69) is 4.98 Å². The van der Waals surface area contributed by atoms with E-state index < -0.39 is 21.9 Å². The van der Waals surface area contributed by atoms with E-state index in [0.29, 0.717) is 17.1 Å². The number of nitrogens with zero attached hydrogens (tertiary/aromatic N) is 1. The zero-order chi connectivity index (χ0) is 17.0. The van der Waals surface area contributed by atoms with Crippen LogP contribution in [0.1, 0.15) is 11.3 Å². The van der Waals surface area contributed by atoms with Gasteiger partial charge in [0.25, 0.3) is 0 Å². The first-order chi connectivity index (χ1) is 10.9. The van der Waals surface area contributed by atoms with E-state index in [4.69, 9.17) is 9.47 Å². The van der Waals surface area contributed by atoms with Gasteiger partial charge in [0.15, 0.2) is 0 Å². The minimum absolute atomic E-state index is 0.203. The number of ether oxygens (including phenoxy) is 2. The van der Waals surface area contributed by atoms with Gasteiger partial charge < -0.3 is 14.5 Å². The lowest BCUT2D eigenvalue weighted by atomic mass is 10.1. The molecule has 1 heterocycles. The molecule has 0 unspecified atom stereocenters. The number of rotatable bonds is 5. The van der Waals surface area contributed by atoms with Crippen LogP contribution in [0.15, 0.2) is 27.8 Å². The number of nitro groups is 1. The van der Waals surface area contributed by atoms with Crippen molar-refractivity contribution in [3.8, 4) is 11.5 Å². The van der Waals surface area contributed by atoms with Crippen molar-refractivity contribution in [3.63, 3.8) is 0 Å². The number of benzene rings is 1. The Morgan fingerprint density at radius 3 is 2.17 bits per heavy atom. The summed E-state index contributed by atoms with van der Waals surface area (Å²) in [6, 6.07) is 4.99. The Morgan fingerprint density at radius 1 is 1.04 bits per heavy atom. The molecule has 120 valence electrons. The third kappa shape index (κ3) is 3.64. The van der Waals surface area contributed by atoms with Gasteiger partial charge in [0.2, 0.25) is 0 Å². The third-order valence-electron chi connectivity index (χ3n) is 2.94. The second-order valence-electron chi connectivity index (χ2n) is 4.41. The molecule has 2 rings (SSSR count). The van der Waals surface area contributed by atoms with Crippen LogP contribution >= 0.6 is 0 Å². The SMILES string of the molecule is COc1cc(/C=C\c2[nH]c(=O)[nH]c(=O)c2[N+](=O)[O-])cc(OC)c1. The largest absolute Gasteiger partial charge is 0.497 e. The van der Waals surface area contributed by atoms with Crippen molar-refractivity contribution in [2.45, 2.75) is 0 Å². The van der Waals surface area contributed by atoms with Crippen LogP contribution < -0.4 is 20.7 Å². The second-order valence-corrected chi connectivity index (χ2v) is 4.41. The van der Waals surface area contributed by atoms with Crippen LogP contribution in [-0.2, 0) is 0 Å². The highest BCUT2D eigenvalue weighted by Gasteiger charge is 2.18. The summed E-state index contributed by atoms with van der Waals surface area (Å²) in [7, 11) is 2.97. The zero-order valence-electron chi connectivity index (χ0n) is 12.3. The zero-order valence-corrected chi connectivity index (χ0v) is 12.3. The number of nitrogens with one attached hydrogen (secondary N) is 2. The van der Waals surface area contributed by atoms with E-state index in [1.54, 1.807) is 18.2 Å². The highest BCUT2D eigenvalue weighted by Crippen LogP contribution is 2.24. The normalized spacial score (nSPS) is 10.7. The molecule has 9 nitrogen and oxygen atoms in total. The number of aromatic nitrogens is 2. The molecule has 0 atom stereocenters. The van der Waals surface area contributed by atoms with E-state index in [0.717, 1.165) is 0 Å². The molecule has 0 spiro atoms. The smallest absolute Gasteiger partial charge is 0.357 e. The van der Waals surface area contributed by atoms with E-state index in [9.17, 15) is 19.7 Å². The second kappa shape index (κ2) is 6.60. The third-order valence-corrected chi connectivity index (χ3v) is 2.94. The maximum absolute atomic E-state index is 11.5. The summed E-state index contributed by atoms with van der Waals surface area (Å²) in [5.74, 6) is 1.05. The molecule has 1 aromatic carbocycles. The van der Waals surface area contributed by atoms with Gasteiger partial charge in [0.1, 0.15) is 17.2 Å². The molecule has 0 aliphatic heterocycles. The number of hydrogen-bond acceptors (Lipinski definition) is 6. The molecule has 0 bridgehead atoms. The lowest BCUT2D eigenvalue weighted by molar-refractivity contribution is -0.386. The number of methoxy groups -OCH3 is 2. The monoisotopic (exact) mass is 319 g/mol. The highest BCUT2D eigenvalue weighted by molar-refractivity contribution is 5.72. The van der Waals surface area contributed by atoms with Gasteiger partial charge in [0.05, 0.1) is 19.1 Å². The van der Waals surface area contributed by atoms with Gasteiger partial charge in [-0.05, 0) is 23.8 Å². The molecule has 0 fully saturated rings. The van der Waals surface area contributed by atoms with Gasteiger partial charge in [0, 0.05) is 6.07 Å². The van der Waals surface area contributed by atoms with E-state index in [1.807, 2.05) is 4.98 Å². The van der Waals surface area contributed by atoms with Gasteiger partial charge in [-0.15, -0.1) is 0 Å². The average molecular weight is 319 g/mol. The fourth-order valence-corrected chi connectivity index (χ4v) is 1.90. The van der Waals surface area contributed by atoms with Crippen molar-refractivity contribution in [1.29, 1.82) is 0 Å². The van der Waals surface area contributed by atoms with Crippen molar-refractivity contribution >= 4 is 17.8 Å². The molecule has 2 aromatic rings. The lowest BCUT2D eigenvalue weighted by Crippen LogP contribution is -2.25. The summed E-state index contributed by atoms with van der Waals surface area (Å²) in [6.07, 6.45) is 2.76. The highest BCUT2D eigenvalue weighted by atomic mass is 16.6. The van der Waals surface area contributed by atoms with E-state index in [-0.39, 0.29) is 5.69 Å². The number of aromatic amines is 2. The number of hydrogen-bond donors (Lipinski definition) is 2. The van der Waals surface area contributed by atoms with E-state index >= 15 is 0 Å². The molecular weight excluding hydrogens is 306 g/mol. The Balaban J connectivity index is 2.51. The first kappa shape index (κ1) is 16.0. The summed E-state index contributed by atoms with van der Waals surface area (Å²) in [5, 5.41) is 11.0. The Hall–Kier alpha value is -3.36. The van der Waals surface area contributed by atoms with Crippen molar-refractivity contribution < 1.29 is 14.4 Å². The molecule has 9 heteroatoms. The molecule has 1 aromatic heterocycles. The van der Waals surface area contributed by atoms with Crippen LogP contribution in [0.2, 0.25) is 0 Å². The Labute approximate surface area is 129 Å². The first-order valence-electron chi connectivity index (χ1n) is 6.36. The topological polar surface area (TPSA) is 127 Å². The molecular formula is C14H13N3O6. The maximum Gasteiger partial charge on any atom is 0.357 e. The van der Waals surface area contributed by atoms with Crippen LogP contribution in [0.5, 0.6) is 11.5 Å². The lowest BCUT2D eigenvalue weighted by Gasteiger charge is -2.05. The van der Waals surface area contributed by atoms with Crippen LogP contribution in [0.25, 0.3) is 12.2 Å². The van der Waals surface area contributed by atoms with Crippen molar-refractivity contribution in [2.75, 3.05) is 14.2 Å². The molecule has 2 N–H and O–H groups in total. The van der Waals surface area contributed by atoms with E-state index in [1.165, 1.54) is 26.4 Å². The van der Waals surface area contributed by atoms with Gasteiger partial charge in [-0.3, -0.25) is 19.9 Å². The van der Waals surface area contributed by atoms with Gasteiger partial charge in [-0.25, -0.2) is 4.79 Å². The summed E-state index contributed by atoms with van der Waals surface area (Å²) in [4.78, 5) is 36.9.